The van der Waals surface area contributed by atoms with Crippen molar-refractivity contribution in [2.75, 3.05) is 5.73 Å². The zero-order chi connectivity index (χ0) is 17.3. The summed E-state index contributed by atoms with van der Waals surface area (Å²) < 4.78 is 0.923. The fourth-order valence-electron chi connectivity index (χ4n) is 2.63. The van der Waals surface area contributed by atoms with E-state index in [1.54, 1.807) is 0 Å². The summed E-state index contributed by atoms with van der Waals surface area (Å²) in [4.78, 5) is 20.0. The number of rotatable bonds is 2. The molecule has 1 heterocycles. The minimum absolute atomic E-state index is 0.0731. The van der Waals surface area contributed by atoms with Crippen molar-refractivity contribution in [2.45, 2.75) is 20.3 Å². The van der Waals surface area contributed by atoms with Crippen molar-refractivity contribution in [1.29, 1.82) is 0 Å². The largest absolute Gasteiger partial charge is 0.398 e. The summed E-state index contributed by atoms with van der Waals surface area (Å²) in [6.45, 7) is 4.02. The molecular formula is C19H18BrN3O. The van der Waals surface area contributed by atoms with Gasteiger partial charge in [-0.2, -0.15) is 0 Å². The van der Waals surface area contributed by atoms with Gasteiger partial charge in [0.1, 0.15) is 5.69 Å². The molecule has 0 fully saturated rings. The second kappa shape index (κ2) is 6.66. The average molecular weight is 384 g/mol. The first kappa shape index (κ1) is 16.5. The van der Waals surface area contributed by atoms with Gasteiger partial charge >= 0.3 is 0 Å². The van der Waals surface area contributed by atoms with Gasteiger partial charge in [-0.15, -0.1) is 0 Å². The van der Waals surface area contributed by atoms with Crippen LogP contribution in [-0.2, 0) is 6.42 Å². The smallest absolute Gasteiger partial charge is 0.270 e. The predicted octanol–water partition coefficient (Wildman–Crippen LogP) is 1.56. The van der Waals surface area contributed by atoms with E-state index < -0.39 is 0 Å². The number of nitrogens with two attached hydrogens (primary N) is 1. The summed E-state index contributed by atoms with van der Waals surface area (Å²) >= 11 is 3.43. The molecule has 0 radical (unpaired) electrons. The summed E-state index contributed by atoms with van der Waals surface area (Å²) in [6.07, 6.45) is 4.31. The molecule has 2 aromatic rings. The fraction of sp³-hybridized carbons (Fsp3) is 0.263. The van der Waals surface area contributed by atoms with E-state index in [0.717, 1.165) is 20.7 Å². The fourth-order valence-corrected chi connectivity index (χ4v) is 3.04. The second-order valence-corrected chi connectivity index (χ2v) is 6.95. The number of hydrogen-bond acceptors (Lipinski definition) is 3. The average Bonchev–Trinajstić information content (AvgIpc) is 2.52. The van der Waals surface area contributed by atoms with E-state index in [2.05, 4.69) is 37.7 Å². The molecule has 0 saturated heterocycles. The molecule has 0 bridgehead atoms. The molecule has 0 spiro atoms. The number of anilines is 1. The topological polar surface area (TPSA) is 71.8 Å². The Labute approximate surface area is 148 Å². The molecule has 0 aliphatic heterocycles. The molecule has 1 aliphatic carbocycles. The van der Waals surface area contributed by atoms with Gasteiger partial charge in [0, 0.05) is 28.4 Å². The Bertz CT molecular complexity index is 1030. The maximum atomic E-state index is 12.4. The lowest BCUT2D eigenvalue weighted by Gasteiger charge is -2.07. The predicted molar refractivity (Wildman–Crippen MR) is 101 cm³/mol. The number of nitrogens with one attached hydrogen (secondary N) is 1. The summed E-state index contributed by atoms with van der Waals surface area (Å²) in [5.74, 6) is 6.49. The van der Waals surface area contributed by atoms with Crippen LogP contribution in [-0.4, -0.2) is 9.97 Å². The van der Waals surface area contributed by atoms with Gasteiger partial charge in [-0.3, -0.25) is 4.79 Å². The Morgan fingerprint density at radius 3 is 2.71 bits per heavy atom. The van der Waals surface area contributed by atoms with Crippen LogP contribution in [0, 0.1) is 23.7 Å². The van der Waals surface area contributed by atoms with Crippen LogP contribution >= 0.6 is 15.9 Å². The van der Waals surface area contributed by atoms with Gasteiger partial charge in [-0.25, -0.2) is 4.98 Å². The first-order valence-corrected chi connectivity index (χ1v) is 8.59. The zero-order valence-electron chi connectivity index (χ0n) is 13.6. The Balaban J connectivity index is 2.13. The highest BCUT2D eigenvalue weighted by molar-refractivity contribution is 9.10. The number of benzene rings is 1. The van der Waals surface area contributed by atoms with E-state index in [1.165, 1.54) is 0 Å². The summed E-state index contributed by atoms with van der Waals surface area (Å²) in [5.41, 5.74) is 7.81. The van der Waals surface area contributed by atoms with Crippen molar-refractivity contribution >= 4 is 33.8 Å². The van der Waals surface area contributed by atoms with E-state index in [9.17, 15) is 4.79 Å². The SMILES string of the molecule is CC1C#CC(C)/C=c2/[nH]c(=O)c(Cc3cc(Br)ccc3N)n/c2=C/1. The third kappa shape index (κ3) is 3.60. The molecule has 24 heavy (non-hydrogen) atoms. The number of halogens is 1. The molecule has 122 valence electrons. The van der Waals surface area contributed by atoms with Crippen LogP contribution in [0.5, 0.6) is 0 Å². The molecule has 1 aromatic carbocycles. The van der Waals surface area contributed by atoms with Gasteiger partial charge in [-0.05, 0) is 49.8 Å². The third-order valence-corrected chi connectivity index (χ3v) is 4.36. The van der Waals surface area contributed by atoms with E-state index in [1.807, 2.05) is 44.2 Å². The summed E-state index contributed by atoms with van der Waals surface area (Å²) in [6, 6.07) is 5.61. The normalized spacial score (nSPS) is 21.8. The maximum Gasteiger partial charge on any atom is 0.270 e. The quantitative estimate of drug-likeness (QED) is 0.610. The highest BCUT2D eigenvalue weighted by Crippen LogP contribution is 2.19. The minimum atomic E-state index is -0.189. The van der Waals surface area contributed by atoms with E-state index in [0.29, 0.717) is 17.8 Å². The lowest BCUT2D eigenvalue weighted by Crippen LogP contribution is -2.40. The van der Waals surface area contributed by atoms with Crippen molar-refractivity contribution in [3.63, 3.8) is 0 Å². The van der Waals surface area contributed by atoms with Crippen LogP contribution in [0.3, 0.4) is 0 Å². The van der Waals surface area contributed by atoms with Crippen molar-refractivity contribution in [1.82, 2.24) is 9.97 Å². The maximum absolute atomic E-state index is 12.4. The number of nitrogen functional groups attached to an aromatic ring is 1. The van der Waals surface area contributed by atoms with Gasteiger partial charge in [0.05, 0.1) is 10.7 Å². The van der Waals surface area contributed by atoms with Crippen molar-refractivity contribution < 1.29 is 0 Å². The lowest BCUT2D eigenvalue weighted by molar-refractivity contribution is 0.906. The lowest BCUT2D eigenvalue weighted by atomic mass is 10.1. The summed E-state index contributed by atoms with van der Waals surface area (Å²) in [5, 5.41) is 1.51. The van der Waals surface area contributed by atoms with Crippen molar-refractivity contribution in [3.8, 4) is 11.8 Å². The Hall–Kier alpha value is -2.32. The number of fused-ring (bicyclic) bond motifs is 1. The molecular weight excluding hydrogens is 366 g/mol. The standard InChI is InChI=1S/C19H18BrN3O/c1-11-3-4-12(2)8-17-16(7-11)22-18(19(24)23-17)10-13-9-14(20)5-6-15(13)21/h5-9,11-12H,10,21H2,1-2H3,(H,23,24)/b16-7+,17-8+. The van der Waals surface area contributed by atoms with Crippen LogP contribution < -0.4 is 22.0 Å². The molecule has 1 aliphatic rings. The van der Waals surface area contributed by atoms with Crippen LogP contribution in [0.4, 0.5) is 5.69 Å². The molecule has 3 rings (SSSR count). The summed E-state index contributed by atoms with van der Waals surface area (Å²) in [7, 11) is 0. The van der Waals surface area contributed by atoms with Crippen molar-refractivity contribution in [3.05, 3.63) is 55.0 Å². The van der Waals surface area contributed by atoms with Crippen LogP contribution in [0.2, 0.25) is 0 Å². The minimum Gasteiger partial charge on any atom is -0.398 e. The Kier molecular flexibility index (Phi) is 4.59. The third-order valence-electron chi connectivity index (χ3n) is 3.87. The van der Waals surface area contributed by atoms with Crippen LogP contribution in [0.1, 0.15) is 25.1 Å². The first-order chi connectivity index (χ1) is 11.4. The number of aromatic nitrogens is 2. The highest BCUT2D eigenvalue weighted by Gasteiger charge is 2.09. The van der Waals surface area contributed by atoms with Gasteiger partial charge in [0.25, 0.3) is 5.56 Å². The molecule has 0 saturated carbocycles. The second-order valence-electron chi connectivity index (χ2n) is 6.03. The van der Waals surface area contributed by atoms with E-state index in [4.69, 9.17) is 5.73 Å². The Morgan fingerprint density at radius 2 is 1.96 bits per heavy atom. The highest BCUT2D eigenvalue weighted by atomic mass is 79.9. The van der Waals surface area contributed by atoms with Crippen LogP contribution in [0.15, 0.2) is 27.5 Å². The molecule has 1 aromatic heterocycles. The molecule has 2 atom stereocenters. The number of aromatic amines is 1. The zero-order valence-corrected chi connectivity index (χ0v) is 15.1. The van der Waals surface area contributed by atoms with Gasteiger partial charge in [0.2, 0.25) is 0 Å². The monoisotopic (exact) mass is 383 g/mol. The number of hydrogen-bond donors (Lipinski definition) is 2. The Morgan fingerprint density at radius 1 is 1.25 bits per heavy atom. The molecule has 2 unspecified atom stereocenters. The number of nitrogens with zero attached hydrogens (tertiary/aromatic N) is 1. The van der Waals surface area contributed by atoms with Gasteiger partial charge < -0.3 is 10.7 Å². The van der Waals surface area contributed by atoms with E-state index >= 15 is 0 Å². The molecule has 0 amide bonds. The first-order valence-electron chi connectivity index (χ1n) is 7.80. The van der Waals surface area contributed by atoms with Crippen LogP contribution in [0.25, 0.3) is 12.2 Å². The molecule has 4 nitrogen and oxygen atoms in total. The van der Waals surface area contributed by atoms with Gasteiger partial charge in [0.15, 0.2) is 0 Å². The van der Waals surface area contributed by atoms with E-state index in [-0.39, 0.29) is 17.4 Å². The molecule has 5 heteroatoms. The van der Waals surface area contributed by atoms with Gasteiger partial charge in [-0.1, -0.05) is 27.8 Å². The molecule has 3 N–H and O–H groups in total. The van der Waals surface area contributed by atoms with Crippen molar-refractivity contribution in [2.24, 2.45) is 11.8 Å². The number of H-pyrrole nitrogens is 1.